The largest absolute Gasteiger partial charge is 0.454 e. The van der Waals surface area contributed by atoms with Crippen molar-refractivity contribution in [1.82, 2.24) is 10.6 Å². The van der Waals surface area contributed by atoms with Crippen molar-refractivity contribution in [2.45, 2.75) is 46.2 Å². The summed E-state index contributed by atoms with van der Waals surface area (Å²) < 4.78 is 10.8. The molecule has 0 atom stereocenters. The molecule has 1 aromatic rings. The lowest BCUT2D eigenvalue weighted by Gasteiger charge is -2.36. The highest BCUT2D eigenvalue weighted by Gasteiger charge is 2.28. The van der Waals surface area contributed by atoms with Crippen LogP contribution < -0.4 is 20.1 Å². The van der Waals surface area contributed by atoms with Gasteiger partial charge in [0.15, 0.2) is 11.5 Å². The van der Waals surface area contributed by atoms with Crippen molar-refractivity contribution in [1.29, 1.82) is 0 Å². The first-order chi connectivity index (χ1) is 9.81. The maximum absolute atomic E-state index is 5.43. The molecule has 0 unspecified atom stereocenters. The van der Waals surface area contributed by atoms with Crippen LogP contribution in [0.1, 0.15) is 39.7 Å². The Morgan fingerprint density at radius 2 is 1.81 bits per heavy atom. The first-order valence-corrected chi connectivity index (χ1v) is 7.59. The number of rotatable bonds is 7. The Kier molecular flexibility index (Phi) is 4.79. The van der Waals surface area contributed by atoms with Crippen molar-refractivity contribution < 1.29 is 9.47 Å². The Labute approximate surface area is 128 Å². The average molecular weight is 292 g/mol. The number of ether oxygens (including phenoxy) is 2. The Morgan fingerprint density at radius 3 is 2.52 bits per heavy atom. The van der Waals surface area contributed by atoms with Crippen LogP contribution in [-0.2, 0) is 6.54 Å². The van der Waals surface area contributed by atoms with Gasteiger partial charge in [0.05, 0.1) is 0 Å². The summed E-state index contributed by atoms with van der Waals surface area (Å²) in [5.74, 6) is 1.69. The molecule has 4 nitrogen and oxygen atoms in total. The standard InChI is InChI=1S/C17H28N2O2/c1-16(2,11-18-5)10-17(3,4)19-9-13-6-7-14-15(8-13)21-12-20-14/h6-8,18-19H,9-12H2,1-5H3. The van der Waals surface area contributed by atoms with Gasteiger partial charge in [-0.1, -0.05) is 19.9 Å². The summed E-state index contributed by atoms with van der Waals surface area (Å²) in [7, 11) is 2.01. The molecule has 0 amide bonds. The molecule has 0 aliphatic carbocycles. The smallest absolute Gasteiger partial charge is 0.231 e. The highest BCUT2D eigenvalue weighted by atomic mass is 16.7. The van der Waals surface area contributed by atoms with Crippen molar-refractivity contribution in [2.24, 2.45) is 5.41 Å². The zero-order chi connectivity index (χ0) is 15.5. The maximum Gasteiger partial charge on any atom is 0.231 e. The van der Waals surface area contributed by atoms with E-state index in [0.717, 1.165) is 31.0 Å². The Bertz CT molecular complexity index is 484. The van der Waals surface area contributed by atoms with Gasteiger partial charge in [-0.25, -0.2) is 0 Å². The summed E-state index contributed by atoms with van der Waals surface area (Å²) >= 11 is 0. The summed E-state index contributed by atoms with van der Waals surface area (Å²) in [4.78, 5) is 0. The highest BCUT2D eigenvalue weighted by Crippen LogP contribution is 2.33. The number of nitrogens with one attached hydrogen (secondary N) is 2. The molecule has 2 N–H and O–H groups in total. The van der Waals surface area contributed by atoms with Crippen LogP contribution in [0.2, 0.25) is 0 Å². The normalized spacial score (nSPS) is 14.5. The SMILES string of the molecule is CNCC(C)(C)CC(C)(C)NCc1ccc2c(c1)OCO2. The molecule has 1 aliphatic heterocycles. The van der Waals surface area contributed by atoms with E-state index in [1.165, 1.54) is 5.56 Å². The molecule has 0 saturated heterocycles. The lowest BCUT2D eigenvalue weighted by atomic mass is 9.80. The lowest BCUT2D eigenvalue weighted by molar-refractivity contribution is 0.174. The fourth-order valence-electron chi connectivity index (χ4n) is 3.19. The van der Waals surface area contributed by atoms with Gasteiger partial charge < -0.3 is 20.1 Å². The Hall–Kier alpha value is -1.26. The van der Waals surface area contributed by atoms with E-state index in [9.17, 15) is 0 Å². The van der Waals surface area contributed by atoms with Gasteiger partial charge in [0.25, 0.3) is 0 Å². The zero-order valence-electron chi connectivity index (χ0n) is 13.9. The summed E-state index contributed by atoms with van der Waals surface area (Å²) in [6.45, 7) is 11.3. The Morgan fingerprint density at radius 1 is 1.10 bits per heavy atom. The molecule has 1 aliphatic rings. The van der Waals surface area contributed by atoms with E-state index in [4.69, 9.17) is 9.47 Å². The summed E-state index contributed by atoms with van der Waals surface area (Å²) in [5.41, 5.74) is 1.57. The summed E-state index contributed by atoms with van der Waals surface area (Å²) in [6, 6.07) is 6.14. The van der Waals surface area contributed by atoms with Crippen LogP contribution >= 0.6 is 0 Å². The Balaban J connectivity index is 1.92. The molecule has 0 spiro atoms. The molecule has 0 bridgehead atoms. The van der Waals surface area contributed by atoms with Crippen molar-refractivity contribution in [3.63, 3.8) is 0 Å². The lowest BCUT2D eigenvalue weighted by Crippen LogP contribution is -2.44. The minimum absolute atomic E-state index is 0.0801. The van der Waals surface area contributed by atoms with Crippen LogP contribution in [0.15, 0.2) is 18.2 Å². The van der Waals surface area contributed by atoms with Gasteiger partial charge in [-0.15, -0.1) is 0 Å². The van der Waals surface area contributed by atoms with Crippen LogP contribution in [0.4, 0.5) is 0 Å². The minimum Gasteiger partial charge on any atom is -0.454 e. The van der Waals surface area contributed by atoms with Crippen LogP contribution in [0, 0.1) is 5.41 Å². The summed E-state index contributed by atoms with van der Waals surface area (Å²) in [5, 5.41) is 6.93. The predicted molar refractivity (Wildman–Crippen MR) is 85.8 cm³/mol. The molecule has 21 heavy (non-hydrogen) atoms. The van der Waals surface area contributed by atoms with Crippen LogP contribution in [0.5, 0.6) is 11.5 Å². The number of hydrogen-bond donors (Lipinski definition) is 2. The fourth-order valence-corrected chi connectivity index (χ4v) is 3.19. The second kappa shape index (κ2) is 6.24. The highest BCUT2D eigenvalue weighted by molar-refractivity contribution is 5.44. The second-order valence-electron chi connectivity index (χ2n) is 7.30. The topological polar surface area (TPSA) is 42.5 Å². The molecule has 0 radical (unpaired) electrons. The van der Waals surface area contributed by atoms with Gasteiger partial charge in [-0.3, -0.25) is 0 Å². The van der Waals surface area contributed by atoms with Gasteiger partial charge >= 0.3 is 0 Å². The molecule has 1 aromatic carbocycles. The zero-order valence-corrected chi connectivity index (χ0v) is 13.9. The van der Waals surface area contributed by atoms with Gasteiger partial charge in [0, 0.05) is 18.6 Å². The molecule has 2 rings (SSSR count). The third-order valence-electron chi connectivity index (χ3n) is 3.78. The third kappa shape index (κ3) is 4.61. The number of fused-ring (bicyclic) bond motifs is 1. The molecule has 0 aromatic heterocycles. The van der Waals surface area contributed by atoms with E-state index in [0.29, 0.717) is 6.79 Å². The molecule has 118 valence electrons. The van der Waals surface area contributed by atoms with Crippen molar-refractivity contribution in [3.8, 4) is 11.5 Å². The number of hydrogen-bond acceptors (Lipinski definition) is 4. The first kappa shape index (κ1) is 16.1. The van der Waals surface area contributed by atoms with Gasteiger partial charge in [-0.2, -0.15) is 0 Å². The quantitative estimate of drug-likeness (QED) is 0.811. The van der Waals surface area contributed by atoms with Crippen LogP contribution in [-0.4, -0.2) is 25.9 Å². The number of benzene rings is 1. The molecular formula is C17H28N2O2. The monoisotopic (exact) mass is 292 g/mol. The van der Waals surface area contributed by atoms with Crippen molar-refractivity contribution >= 4 is 0 Å². The molecular weight excluding hydrogens is 264 g/mol. The first-order valence-electron chi connectivity index (χ1n) is 7.59. The molecule has 4 heteroatoms. The van der Waals surface area contributed by atoms with Gasteiger partial charge in [0.2, 0.25) is 6.79 Å². The van der Waals surface area contributed by atoms with E-state index in [-0.39, 0.29) is 11.0 Å². The van der Waals surface area contributed by atoms with Crippen LogP contribution in [0.3, 0.4) is 0 Å². The maximum atomic E-state index is 5.43. The minimum atomic E-state index is 0.0801. The van der Waals surface area contributed by atoms with E-state index in [2.05, 4.69) is 50.5 Å². The van der Waals surface area contributed by atoms with E-state index in [1.54, 1.807) is 0 Å². The van der Waals surface area contributed by atoms with E-state index in [1.807, 2.05) is 13.1 Å². The van der Waals surface area contributed by atoms with Crippen molar-refractivity contribution in [2.75, 3.05) is 20.4 Å². The molecule has 0 fully saturated rings. The fraction of sp³-hybridized carbons (Fsp3) is 0.647. The summed E-state index contributed by atoms with van der Waals surface area (Å²) in [6.07, 6.45) is 1.10. The van der Waals surface area contributed by atoms with Crippen molar-refractivity contribution in [3.05, 3.63) is 23.8 Å². The molecule has 1 heterocycles. The predicted octanol–water partition coefficient (Wildman–Crippen LogP) is 2.92. The van der Waals surface area contributed by atoms with Crippen LogP contribution in [0.25, 0.3) is 0 Å². The molecule has 0 saturated carbocycles. The van der Waals surface area contributed by atoms with Gasteiger partial charge in [0.1, 0.15) is 0 Å². The third-order valence-corrected chi connectivity index (χ3v) is 3.78. The van der Waals surface area contributed by atoms with E-state index < -0.39 is 0 Å². The second-order valence-corrected chi connectivity index (χ2v) is 7.30. The average Bonchev–Trinajstić information content (AvgIpc) is 2.82. The van der Waals surface area contributed by atoms with E-state index >= 15 is 0 Å². The van der Waals surface area contributed by atoms with Gasteiger partial charge in [-0.05, 0) is 50.4 Å².